The number of rotatable bonds is 5. The molecule has 3 heterocycles. The molecule has 178 valence electrons. The van der Waals surface area contributed by atoms with Crippen LogP contribution in [-0.2, 0) is 11.4 Å². The third kappa shape index (κ3) is 4.01. The maximum atomic E-state index is 15.4. The number of ether oxygens (including phenoxy) is 1. The SMILES string of the molecule is CC1COc2c(N3CCN(C)CC3)c(F)cc3c(=O)c(C(=O)NOCc4ccccc4)cn1c23. The van der Waals surface area contributed by atoms with E-state index in [4.69, 9.17) is 9.57 Å². The number of hydroxylamine groups is 1. The maximum absolute atomic E-state index is 15.4. The molecule has 9 heteroatoms. The number of anilines is 1. The Kier molecular flexibility index (Phi) is 5.97. The van der Waals surface area contributed by atoms with E-state index in [9.17, 15) is 9.59 Å². The number of benzene rings is 2. The topological polar surface area (TPSA) is 76.0 Å². The standard InChI is InChI=1S/C25H27FN4O4/c1-16-14-33-24-21-18(12-20(26)22(24)29-10-8-28(2)9-11-29)23(31)19(13-30(16)21)25(32)27-34-15-17-6-4-3-5-7-17/h3-7,12-13,16H,8-11,14-15H2,1-2H3,(H,27,32). The summed E-state index contributed by atoms with van der Waals surface area (Å²) < 4.78 is 23.2. The molecule has 0 bridgehead atoms. The molecule has 1 aromatic heterocycles. The number of carbonyl (C=O) groups is 1. The Balaban J connectivity index is 1.51. The number of nitrogens with one attached hydrogen (secondary N) is 1. The summed E-state index contributed by atoms with van der Waals surface area (Å²) in [4.78, 5) is 35.5. The molecule has 1 N–H and O–H groups in total. The van der Waals surface area contributed by atoms with Crippen molar-refractivity contribution in [2.75, 3.05) is 44.7 Å². The lowest BCUT2D eigenvalue weighted by Crippen LogP contribution is -2.45. The van der Waals surface area contributed by atoms with Crippen LogP contribution in [-0.4, -0.2) is 55.2 Å². The fourth-order valence-corrected chi connectivity index (χ4v) is 4.51. The van der Waals surface area contributed by atoms with Crippen LogP contribution in [0.25, 0.3) is 10.9 Å². The molecule has 2 aliphatic heterocycles. The maximum Gasteiger partial charge on any atom is 0.280 e. The number of hydrogen-bond acceptors (Lipinski definition) is 6. The van der Waals surface area contributed by atoms with Gasteiger partial charge in [-0.25, -0.2) is 9.87 Å². The summed E-state index contributed by atoms with van der Waals surface area (Å²) >= 11 is 0. The van der Waals surface area contributed by atoms with Gasteiger partial charge in [0.05, 0.1) is 23.6 Å². The van der Waals surface area contributed by atoms with E-state index in [-0.39, 0.29) is 23.6 Å². The predicted octanol–water partition coefficient (Wildman–Crippen LogP) is 2.71. The van der Waals surface area contributed by atoms with Gasteiger partial charge in [-0.3, -0.25) is 14.4 Å². The van der Waals surface area contributed by atoms with Gasteiger partial charge in [0.15, 0.2) is 11.6 Å². The van der Waals surface area contributed by atoms with Crippen molar-refractivity contribution in [2.45, 2.75) is 19.6 Å². The van der Waals surface area contributed by atoms with Gasteiger partial charge in [-0.05, 0) is 25.6 Å². The van der Waals surface area contributed by atoms with Crippen LogP contribution in [0.2, 0.25) is 0 Å². The highest BCUT2D eigenvalue weighted by atomic mass is 19.1. The van der Waals surface area contributed by atoms with Crippen molar-refractivity contribution in [1.29, 1.82) is 0 Å². The third-order valence-corrected chi connectivity index (χ3v) is 6.45. The number of hydrogen-bond donors (Lipinski definition) is 1. The molecule has 0 saturated carbocycles. The highest BCUT2D eigenvalue weighted by molar-refractivity contribution is 5.99. The molecule has 2 aromatic carbocycles. The summed E-state index contributed by atoms with van der Waals surface area (Å²) in [6.07, 6.45) is 1.52. The number of nitrogens with zero attached hydrogens (tertiary/aromatic N) is 3. The van der Waals surface area contributed by atoms with Gasteiger partial charge in [0.1, 0.15) is 17.9 Å². The molecule has 5 rings (SSSR count). The average molecular weight is 467 g/mol. The van der Waals surface area contributed by atoms with Crippen molar-refractivity contribution >= 4 is 22.5 Å². The van der Waals surface area contributed by atoms with Crippen LogP contribution < -0.4 is 20.5 Å². The minimum Gasteiger partial charge on any atom is -0.487 e. The van der Waals surface area contributed by atoms with Crippen LogP contribution in [0.1, 0.15) is 28.9 Å². The summed E-state index contributed by atoms with van der Waals surface area (Å²) in [6.45, 7) is 5.33. The Morgan fingerprint density at radius 1 is 1.21 bits per heavy atom. The Hall–Kier alpha value is -3.43. The van der Waals surface area contributed by atoms with Gasteiger partial charge in [-0.15, -0.1) is 0 Å². The molecule has 1 amide bonds. The summed E-state index contributed by atoms with van der Waals surface area (Å²) in [7, 11) is 2.03. The fraction of sp³-hybridized carbons (Fsp3) is 0.360. The lowest BCUT2D eigenvalue weighted by atomic mass is 10.0. The van der Waals surface area contributed by atoms with Crippen molar-refractivity contribution in [1.82, 2.24) is 14.9 Å². The first kappa shape index (κ1) is 22.4. The van der Waals surface area contributed by atoms with E-state index in [1.54, 1.807) is 0 Å². The molecule has 2 aliphatic rings. The predicted molar refractivity (Wildman–Crippen MR) is 127 cm³/mol. The second kappa shape index (κ2) is 9.08. The van der Waals surface area contributed by atoms with Crippen molar-refractivity contribution in [3.8, 4) is 5.75 Å². The first-order valence-electron chi connectivity index (χ1n) is 11.4. The molecular weight excluding hydrogens is 439 g/mol. The van der Waals surface area contributed by atoms with Crippen molar-refractivity contribution in [3.05, 3.63) is 69.8 Å². The molecule has 0 radical (unpaired) electrons. The molecule has 1 saturated heterocycles. The number of pyridine rings is 1. The van der Waals surface area contributed by atoms with Crippen LogP contribution in [0.5, 0.6) is 5.75 Å². The first-order chi connectivity index (χ1) is 16.4. The quantitative estimate of drug-likeness (QED) is 0.583. The van der Waals surface area contributed by atoms with Crippen LogP contribution in [0.15, 0.2) is 47.4 Å². The van der Waals surface area contributed by atoms with Gasteiger partial charge in [0, 0.05) is 32.4 Å². The van der Waals surface area contributed by atoms with Gasteiger partial charge in [-0.2, -0.15) is 0 Å². The molecule has 34 heavy (non-hydrogen) atoms. The van der Waals surface area contributed by atoms with Crippen LogP contribution >= 0.6 is 0 Å². The Morgan fingerprint density at radius 2 is 1.94 bits per heavy atom. The molecule has 1 fully saturated rings. The summed E-state index contributed by atoms with van der Waals surface area (Å²) in [5, 5.41) is 0.118. The van der Waals surface area contributed by atoms with Crippen molar-refractivity contribution in [2.24, 2.45) is 0 Å². The highest BCUT2D eigenvalue weighted by Crippen LogP contribution is 2.42. The fourth-order valence-electron chi connectivity index (χ4n) is 4.51. The zero-order valence-corrected chi connectivity index (χ0v) is 19.2. The van der Waals surface area contributed by atoms with E-state index < -0.39 is 17.2 Å². The molecule has 8 nitrogen and oxygen atoms in total. The van der Waals surface area contributed by atoms with Crippen LogP contribution in [0.4, 0.5) is 10.1 Å². The third-order valence-electron chi connectivity index (χ3n) is 6.45. The number of aromatic nitrogens is 1. The summed E-state index contributed by atoms with van der Waals surface area (Å²) in [5.74, 6) is -0.833. The number of halogens is 1. The van der Waals surface area contributed by atoms with Crippen molar-refractivity contribution in [3.63, 3.8) is 0 Å². The minimum atomic E-state index is -0.671. The van der Waals surface area contributed by atoms with E-state index >= 15 is 4.39 Å². The lowest BCUT2D eigenvalue weighted by Gasteiger charge is -2.37. The normalized spacial score (nSPS) is 18.1. The molecule has 1 unspecified atom stereocenters. The largest absolute Gasteiger partial charge is 0.487 e. The van der Waals surface area contributed by atoms with Crippen LogP contribution in [0.3, 0.4) is 0 Å². The summed E-state index contributed by atoms with van der Waals surface area (Å²) in [6, 6.07) is 10.4. The second-order valence-corrected chi connectivity index (χ2v) is 8.87. The Labute approximate surface area is 196 Å². The smallest absolute Gasteiger partial charge is 0.280 e. The zero-order chi connectivity index (χ0) is 23.8. The number of amides is 1. The lowest BCUT2D eigenvalue weighted by molar-refractivity contribution is 0.0232. The molecule has 1 atom stereocenters. The number of piperazine rings is 1. The van der Waals surface area contributed by atoms with E-state index in [1.165, 1.54) is 12.3 Å². The number of likely N-dealkylation sites (N-methyl/N-ethyl adjacent to an activating group) is 1. The van der Waals surface area contributed by atoms with E-state index in [0.717, 1.165) is 18.7 Å². The van der Waals surface area contributed by atoms with Gasteiger partial charge >= 0.3 is 0 Å². The second-order valence-electron chi connectivity index (χ2n) is 8.87. The first-order valence-corrected chi connectivity index (χ1v) is 11.4. The Morgan fingerprint density at radius 3 is 2.68 bits per heavy atom. The van der Waals surface area contributed by atoms with Gasteiger partial charge in [-0.1, -0.05) is 30.3 Å². The van der Waals surface area contributed by atoms with E-state index in [1.807, 2.05) is 53.8 Å². The zero-order valence-electron chi connectivity index (χ0n) is 19.2. The Bertz CT molecular complexity index is 1290. The van der Waals surface area contributed by atoms with Crippen molar-refractivity contribution < 1.29 is 18.8 Å². The molecule has 0 aliphatic carbocycles. The monoisotopic (exact) mass is 466 g/mol. The van der Waals surface area contributed by atoms with E-state index in [2.05, 4.69) is 10.4 Å². The number of carbonyl (C=O) groups excluding carboxylic acids is 1. The van der Waals surface area contributed by atoms with Gasteiger partial charge in [0.25, 0.3) is 5.91 Å². The van der Waals surface area contributed by atoms with Gasteiger partial charge < -0.3 is 19.1 Å². The molecule has 3 aromatic rings. The molecular formula is C25H27FN4O4. The van der Waals surface area contributed by atoms with Crippen LogP contribution in [0, 0.1) is 5.82 Å². The van der Waals surface area contributed by atoms with Gasteiger partial charge in [0.2, 0.25) is 5.43 Å². The highest BCUT2D eigenvalue weighted by Gasteiger charge is 2.31. The molecule has 0 spiro atoms. The summed E-state index contributed by atoms with van der Waals surface area (Å²) in [5.41, 5.74) is 3.45. The van der Waals surface area contributed by atoms with E-state index in [0.29, 0.717) is 36.6 Å². The minimum absolute atomic E-state index is 0.105. The average Bonchev–Trinajstić information content (AvgIpc) is 2.84.